The van der Waals surface area contributed by atoms with Crippen molar-refractivity contribution < 1.29 is 29.0 Å². The van der Waals surface area contributed by atoms with Crippen molar-refractivity contribution in [2.75, 3.05) is 38.7 Å². The van der Waals surface area contributed by atoms with Gasteiger partial charge in [-0.05, 0) is 23.6 Å². The van der Waals surface area contributed by atoms with Crippen LogP contribution in [-0.2, 0) is 14.3 Å². The molecule has 2 amide bonds. The quantitative estimate of drug-likeness (QED) is 0.806. The van der Waals surface area contributed by atoms with Crippen molar-refractivity contribution in [1.29, 1.82) is 0 Å². The number of aliphatic carboxylic acids is 1. The first-order chi connectivity index (χ1) is 12.8. The van der Waals surface area contributed by atoms with Gasteiger partial charge in [0.25, 0.3) is 5.91 Å². The van der Waals surface area contributed by atoms with Gasteiger partial charge in [0.2, 0.25) is 5.91 Å². The number of ether oxygens (including phenoxy) is 2. The summed E-state index contributed by atoms with van der Waals surface area (Å²) < 4.78 is 10.5. The van der Waals surface area contributed by atoms with Gasteiger partial charge in [-0.15, -0.1) is 0 Å². The molecule has 1 aromatic carbocycles. The van der Waals surface area contributed by atoms with Gasteiger partial charge in [0.05, 0.1) is 37.8 Å². The van der Waals surface area contributed by atoms with E-state index in [-0.39, 0.29) is 11.8 Å². The zero-order valence-corrected chi connectivity index (χ0v) is 15.7. The normalized spacial score (nSPS) is 23.4. The molecule has 27 heavy (non-hydrogen) atoms. The van der Waals surface area contributed by atoms with E-state index in [0.717, 1.165) is 0 Å². The third-order valence-corrected chi connectivity index (χ3v) is 5.38. The minimum atomic E-state index is -0.983. The molecular weight excluding hydrogens is 352 g/mol. The highest BCUT2D eigenvalue weighted by Gasteiger charge is 2.65. The number of carbonyl (C=O) groups excluding carboxylic acids is 2. The maximum atomic E-state index is 12.7. The number of amides is 2. The monoisotopic (exact) mass is 376 g/mol. The summed E-state index contributed by atoms with van der Waals surface area (Å²) >= 11 is 0. The fraction of sp³-hybridized carbons (Fsp3) is 0.526. The average molecular weight is 376 g/mol. The minimum Gasteiger partial charge on any atom is -0.495 e. The highest BCUT2D eigenvalue weighted by atomic mass is 16.5. The van der Waals surface area contributed by atoms with Crippen molar-refractivity contribution >= 4 is 23.5 Å². The van der Waals surface area contributed by atoms with Crippen LogP contribution in [0.5, 0.6) is 5.75 Å². The molecule has 1 aromatic rings. The first-order valence-electron chi connectivity index (χ1n) is 8.86. The number of carboxylic acids is 1. The van der Waals surface area contributed by atoms with Gasteiger partial charge in [-0.3, -0.25) is 14.4 Å². The van der Waals surface area contributed by atoms with E-state index in [1.807, 2.05) is 0 Å². The summed E-state index contributed by atoms with van der Waals surface area (Å²) in [4.78, 5) is 38.3. The second-order valence-corrected chi connectivity index (χ2v) is 7.42. The summed E-state index contributed by atoms with van der Waals surface area (Å²) in [6, 6.07) is 4.84. The van der Waals surface area contributed by atoms with Crippen LogP contribution in [0.2, 0.25) is 0 Å². The Hall–Kier alpha value is -2.61. The fourth-order valence-electron chi connectivity index (χ4n) is 3.69. The van der Waals surface area contributed by atoms with Crippen molar-refractivity contribution in [3.8, 4) is 5.75 Å². The van der Waals surface area contributed by atoms with Gasteiger partial charge in [-0.25, -0.2) is 0 Å². The Morgan fingerprint density at radius 3 is 2.44 bits per heavy atom. The Kier molecular flexibility index (Phi) is 5.10. The van der Waals surface area contributed by atoms with Crippen LogP contribution < -0.4 is 10.1 Å². The number of carbonyl (C=O) groups is 3. The Morgan fingerprint density at radius 2 is 1.89 bits per heavy atom. The molecule has 0 unspecified atom stereocenters. The van der Waals surface area contributed by atoms with Gasteiger partial charge in [0, 0.05) is 18.7 Å². The highest BCUT2D eigenvalue weighted by Crippen LogP contribution is 2.58. The Balaban J connectivity index is 1.79. The Labute approximate surface area is 157 Å². The number of carboxylic acid groups (broad SMARTS) is 1. The van der Waals surface area contributed by atoms with Gasteiger partial charge in [0.15, 0.2) is 0 Å². The van der Waals surface area contributed by atoms with Crippen LogP contribution >= 0.6 is 0 Å². The zero-order chi connectivity index (χ0) is 19.8. The molecule has 8 heteroatoms. The lowest BCUT2D eigenvalue weighted by Gasteiger charge is -2.27. The number of anilines is 1. The summed E-state index contributed by atoms with van der Waals surface area (Å²) in [6.07, 6.45) is 0. The number of morpholine rings is 1. The molecule has 1 saturated heterocycles. The molecule has 1 heterocycles. The van der Waals surface area contributed by atoms with E-state index in [0.29, 0.717) is 43.3 Å². The lowest BCUT2D eigenvalue weighted by atomic mass is 10.1. The summed E-state index contributed by atoms with van der Waals surface area (Å²) in [7, 11) is 1.47. The van der Waals surface area contributed by atoms with Crippen molar-refractivity contribution in [3.63, 3.8) is 0 Å². The Morgan fingerprint density at radius 1 is 1.22 bits per heavy atom. The maximum absolute atomic E-state index is 12.7. The molecule has 0 aromatic heterocycles. The molecule has 0 bridgehead atoms. The molecule has 8 nitrogen and oxygen atoms in total. The maximum Gasteiger partial charge on any atom is 0.307 e. The molecule has 2 fully saturated rings. The van der Waals surface area contributed by atoms with E-state index < -0.39 is 23.2 Å². The van der Waals surface area contributed by atoms with Crippen molar-refractivity contribution in [2.45, 2.75) is 13.8 Å². The number of benzene rings is 1. The number of nitrogens with one attached hydrogen (secondary N) is 1. The van der Waals surface area contributed by atoms with Crippen LogP contribution in [0.3, 0.4) is 0 Å². The molecule has 2 N–H and O–H groups in total. The lowest BCUT2D eigenvalue weighted by Crippen LogP contribution is -2.40. The molecule has 0 spiro atoms. The molecule has 1 aliphatic heterocycles. The van der Waals surface area contributed by atoms with E-state index in [2.05, 4.69) is 5.32 Å². The minimum absolute atomic E-state index is 0.147. The number of rotatable bonds is 5. The van der Waals surface area contributed by atoms with E-state index >= 15 is 0 Å². The van der Waals surface area contributed by atoms with Gasteiger partial charge in [0.1, 0.15) is 5.75 Å². The molecule has 0 radical (unpaired) electrons. The summed E-state index contributed by atoms with van der Waals surface area (Å²) in [5, 5.41) is 12.0. The molecule has 2 atom stereocenters. The first-order valence-corrected chi connectivity index (χ1v) is 8.86. The summed E-state index contributed by atoms with van der Waals surface area (Å²) in [5.41, 5.74) is 0.177. The van der Waals surface area contributed by atoms with Crippen LogP contribution in [0.4, 0.5) is 5.69 Å². The third kappa shape index (κ3) is 3.62. The largest absolute Gasteiger partial charge is 0.495 e. The van der Waals surface area contributed by atoms with E-state index in [9.17, 15) is 19.5 Å². The number of hydrogen-bond acceptors (Lipinski definition) is 5. The van der Waals surface area contributed by atoms with Crippen LogP contribution in [0, 0.1) is 17.3 Å². The SMILES string of the molecule is COc1ccc(C(=O)N2CCOCC2)cc1NC(=O)[C@@H]1[C@H](C(=O)O)C1(C)C. The molecule has 1 saturated carbocycles. The molecule has 1 aliphatic carbocycles. The van der Waals surface area contributed by atoms with E-state index in [1.165, 1.54) is 7.11 Å². The fourth-order valence-corrected chi connectivity index (χ4v) is 3.69. The number of nitrogens with zero attached hydrogens (tertiary/aromatic N) is 1. The number of hydrogen-bond donors (Lipinski definition) is 2. The predicted octanol–water partition coefficient (Wildman–Crippen LogP) is 1.46. The highest BCUT2D eigenvalue weighted by molar-refractivity contribution is 6.02. The van der Waals surface area contributed by atoms with Gasteiger partial charge in [-0.1, -0.05) is 13.8 Å². The van der Waals surface area contributed by atoms with Crippen molar-refractivity contribution in [2.24, 2.45) is 17.3 Å². The van der Waals surface area contributed by atoms with Gasteiger partial charge < -0.3 is 24.8 Å². The van der Waals surface area contributed by atoms with Crippen LogP contribution in [0.15, 0.2) is 18.2 Å². The summed E-state index contributed by atoms with van der Waals surface area (Å²) in [6.45, 7) is 5.54. The standard InChI is InChI=1S/C19H24N2O6/c1-19(2)14(15(19)18(24)25)16(22)20-12-10-11(4-5-13(12)26-3)17(23)21-6-8-27-9-7-21/h4-5,10,14-15H,6-9H2,1-3H3,(H,20,22)(H,24,25)/t14-,15+/m0/s1. The van der Waals surface area contributed by atoms with Gasteiger partial charge >= 0.3 is 5.97 Å². The van der Waals surface area contributed by atoms with Crippen LogP contribution in [-0.4, -0.2) is 61.2 Å². The van der Waals surface area contributed by atoms with Crippen molar-refractivity contribution in [3.05, 3.63) is 23.8 Å². The molecule has 3 rings (SSSR count). The van der Waals surface area contributed by atoms with E-state index in [4.69, 9.17) is 9.47 Å². The smallest absolute Gasteiger partial charge is 0.307 e. The Bertz CT molecular complexity index is 769. The van der Waals surface area contributed by atoms with Gasteiger partial charge in [-0.2, -0.15) is 0 Å². The lowest BCUT2D eigenvalue weighted by molar-refractivity contribution is -0.140. The van der Waals surface area contributed by atoms with E-state index in [1.54, 1.807) is 36.9 Å². The van der Waals surface area contributed by atoms with Crippen LogP contribution in [0.1, 0.15) is 24.2 Å². The zero-order valence-electron chi connectivity index (χ0n) is 15.7. The average Bonchev–Trinajstić information content (AvgIpc) is 3.24. The van der Waals surface area contributed by atoms with Crippen molar-refractivity contribution in [1.82, 2.24) is 4.90 Å². The second kappa shape index (κ2) is 7.19. The second-order valence-electron chi connectivity index (χ2n) is 7.42. The van der Waals surface area contributed by atoms with Crippen LogP contribution in [0.25, 0.3) is 0 Å². The third-order valence-electron chi connectivity index (χ3n) is 5.38. The number of methoxy groups -OCH3 is 1. The predicted molar refractivity (Wildman–Crippen MR) is 96.7 cm³/mol. The first kappa shape index (κ1) is 19.2. The molecule has 146 valence electrons. The molecular formula is C19H24N2O6. The molecule has 2 aliphatic rings. The topological polar surface area (TPSA) is 105 Å². The summed E-state index contributed by atoms with van der Waals surface area (Å²) in [5.74, 6) is -2.45.